The highest BCUT2D eigenvalue weighted by atomic mass is 79.9. The van der Waals surface area contributed by atoms with E-state index in [1.165, 1.54) is 6.08 Å². The Bertz CT molecular complexity index is 1390. The fourth-order valence-electron chi connectivity index (χ4n) is 3.47. The number of hydrogen-bond donors (Lipinski definition) is 1. The Morgan fingerprint density at radius 1 is 1.06 bits per heavy atom. The lowest BCUT2D eigenvalue weighted by Gasteiger charge is -2.29. The van der Waals surface area contributed by atoms with Gasteiger partial charge in [0.2, 0.25) is 0 Å². The summed E-state index contributed by atoms with van der Waals surface area (Å²) in [5, 5.41) is 3.12. The first kappa shape index (κ1) is 25.7. The van der Waals surface area contributed by atoms with E-state index in [0.717, 1.165) is 16.0 Å². The monoisotopic (exact) mass is 608 g/mol. The smallest absolute Gasteiger partial charge is 0.270 e. The second-order valence-corrected chi connectivity index (χ2v) is 10.1. The molecule has 0 atom stereocenters. The number of ether oxygens (including phenoxy) is 1. The Balaban J connectivity index is 1.63. The lowest BCUT2D eigenvalue weighted by atomic mass is 10.1. The van der Waals surface area contributed by atoms with Gasteiger partial charge < -0.3 is 4.74 Å². The first-order valence-corrected chi connectivity index (χ1v) is 12.5. The van der Waals surface area contributed by atoms with Crippen LogP contribution < -0.4 is 15.0 Å². The second-order valence-electron chi connectivity index (χ2n) is 7.62. The highest BCUT2D eigenvalue weighted by molar-refractivity contribution is 9.10. The highest BCUT2D eigenvalue weighted by Gasteiger charge is 2.35. The summed E-state index contributed by atoms with van der Waals surface area (Å²) in [5.74, 6) is -0.834. The predicted molar refractivity (Wildman–Crippen MR) is 147 cm³/mol. The van der Waals surface area contributed by atoms with Crippen molar-refractivity contribution in [2.45, 2.75) is 13.5 Å². The van der Waals surface area contributed by atoms with E-state index in [9.17, 15) is 9.59 Å². The Hall–Kier alpha value is -2.42. The standard InChI is InChI=1S/C25H16BrCl3N2O3S/c1-13-4-2-5-14(8-13)12-34-22-17(26)10-15(11-19(22)28)9-16-23(32)30-25(35)31(24(16)33)20-7-3-6-18(27)21(20)29/h2-11H,12H2,1H3,(H,30,32,35)/b16-9+. The number of nitrogens with zero attached hydrogens (tertiary/aromatic N) is 1. The number of carbonyl (C=O) groups excluding carboxylic acids is 2. The Morgan fingerprint density at radius 3 is 2.51 bits per heavy atom. The fourth-order valence-corrected chi connectivity index (χ4v) is 5.11. The molecule has 3 aromatic carbocycles. The third-order valence-electron chi connectivity index (χ3n) is 5.07. The quantitative estimate of drug-likeness (QED) is 0.190. The van der Waals surface area contributed by atoms with Gasteiger partial charge in [0.15, 0.2) is 10.9 Å². The van der Waals surface area contributed by atoms with Gasteiger partial charge in [0.05, 0.1) is 25.2 Å². The average molecular weight is 611 g/mol. The van der Waals surface area contributed by atoms with Gasteiger partial charge in [0.1, 0.15) is 12.2 Å². The molecule has 10 heteroatoms. The van der Waals surface area contributed by atoms with Crippen molar-refractivity contribution in [3.8, 4) is 5.75 Å². The number of rotatable bonds is 5. The Labute approximate surface area is 230 Å². The number of carbonyl (C=O) groups is 2. The summed E-state index contributed by atoms with van der Waals surface area (Å²) in [5.41, 5.74) is 2.75. The van der Waals surface area contributed by atoms with Crippen molar-refractivity contribution < 1.29 is 14.3 Å². The van der Waals surface area contributed by atoms with Crippen LogP contribution in [-0.2, 0) is 16.2 Å². The summed E-state index contributed by atoms with van der Waals surface area (Å²) in [7, 11) is 0. The second kappa shape index (κ2) is 10.7. The maximum atomic E-state index is 13.3. The first-order chi connectivity index (χ1) is 16.7. The minimum absolute atomic E-state index is 0.0968. The van der Waals surface area contributed by atoms with Crippen molar-refractivity contribution in [3.05, 3.63) is 96.4 Å². The number of hydrogen-bond acceptors (Lipinski definition) is 4. The number of halogens is 4. The molecule has 1 heterocycles. The maximum Gasteiger partial charge on any atom is 0.270 e. The molecule has 1 N–H and O–H groups in total. The van der Waals surface area contributed by atoms with Crippen molar-refractivity contribution in [2.24, 2.45) is 0 Å². The topological polar surface area (TPSA) is 58.6 Å². The summed E-state index contributed by atoms with van der Waals surface area (Å²) in [6, 6.07) is 16.1. The van der Waals surface area contributed by atoms with Crippen LogP contribution in [0, 0.1) is 6.92 Å². The van der Waals surface area contributed by atoms with Gasteiger partial charge in [-0.25, -0.2) is 0 Å². The fraction of sp³-hybridized carbons (Fsp3) is 0.0800. The molecule has 0 aromatic heterocycles. The van der Waals surface area contributed by atoms with Gasteiger partial charge in [0.25, 0.3) is 11.8 Å². The molecule has 3 aromatic rings. The predicted octanol–water partition coefficient (Wildman–Crippen LogP) is 7.13. The van der Waals surface area contributed by atoms with Crippen LogP contribution in [-0.4, -0.2) is 16.9 Å². The summed E-state index contributed by atoms with van der Waals surface area (Å²) in [4.78, 5) is 27.0. The van der Waals surface area contributed by atoms with E-state index < -0.39 is 11.8 Å². The van der Waals surface area contributed by atoms with Gasteiger partial charge in [-0.3, -0.25) is 19.8 Å². The molecule has 0 aliphatic carbocycles. The minimum Gasteiger partial charge on any atom is -0.486 e. The molecule has 0 unspecified atom stereocenters. The molecular formula is C25H16BrCl3N2O3S. The van der Waals surface area contributed by atoms with Crippen LogP contribution in [0.25, 0.3) is 6.08 Å². The van der Waals surface area contributed by atoms with Crippen LogP contribution in [0.15, 0.2) is 64.6 Å². The van der Waals surface area contributed by atoms with Gasteiger partial charge in [-0.15, -0.1) is 0 Å². The zero-order valence-electron chi connectivity index (χ0n) is 18.1. The van der Waals surface area contributed by atoms with Crippen LogP contribution in [0.5, 0.6) is 5.75 Å². The van der Waals surface area contributed by atoms with Crippen molar-refractivity contribution in [3.63, 3.8) is 0 Å². The molecule has 5 nitrogen and oxygen atoms in total. The Kier molecular flexibility index (Phi) is 7.83. The van der Waals surface area contributed by atoms with Crippen LogP contribution in [0.3, 0.4) is 0 Å². The number of benzene rings is 3. The lowest BCUT2D eigenvalue weighted by Crippen LogP contribution is -2.54. The molecule has 0 saturated carbocycles. The summed E-state index contributed by atoms with van der Waals surface area (Å²) in [6.07, 6.45) is 1.42. The van der Waals surface area contributed by atoms with Crippen LogP contribution >= 0.6 is 63.0 Å². The maximum absolute atomic E-state index is 13.3. The summed E-state index contributed by atoms with van der Waals surface area (Å²) in [6.45, 7) is 2.33. The third kappa shape index (κ3) is 5.55. The molecule has 1 aliphatic rings. The van der Waals surface area contributed by atoms with Gasteiger partial charge in [-0.1, -0.05) is 70.7 Å². The van der Waals surface area contributed by atoms with E-state index in [0.29, 0.717) is 27.4 Å². The zero-order chi connectivity index (χ0) is 25.3. The van der Waals surface area contributed by atoms with Crippen LogP contribution in [0.2, 0.25) is 15.1 Å². The van der Waals surface area contributed by atoms with Gasteiger partial charge in [-0.05, 0) is 76.5 Å². The number of anilines is 1. The van der Waals surface area contributed by atoms with E-state index in [2.05, 4.69) is 21.2 Å². The lowest BCUT2D eigenvalue weighted by molar-refractivity contribution is -0.122. The van der Waals surface area contributed by atoms with Crippen LogP contribution in [0.4, 0.5) is 5.69 Å². The molecule has 35 heavy (non-hydrogen) atoms. The summed E-state index contributed by atoms with van der Waals surface area (Å²) >= 11 is 27.5. The molecule has 1 saturated heterocycles. The number of nitrogens with one attached hydrogen (secondary N) is 1. The molecule has 4 rings (SSSR count). The molecule has 0 radical (unpaired) electrons. The average Bonchev–Trinajstić information content (AvgIpc) is 2.79. The number of amides is 2. The van der Waals surface area contributed by atoms with Gasteiger partial charge in [-0.2, -0.15) is 0 Å². The molecule has 1 fully saturated rings. The summed E-state index contributed by atoms with van der Waals surface area (Å²) < 4.78 is 6.48. The largest absolute Gasteiger partial charge is 0.486 e. The molecular weight excluding hydrogens is 595 g/mol. The van der Waals surface area contributed by atoms with Crippen molar-refractivity contribution >= 4 is 91.6 Å². The highest BCUT2D eigenvalue weighted by Crippen LogP contribution is 2.37. The van der Waals surface area contributed by atoms with Gasteiger partial charge in [0, 0.05) is 0 Å². The van der Waals surface area contributed by atoms with Crippen molar-refractivity contribution in [1.29, 1.82) is 0 Å². The first-order valence-electron chi connectivity index (χ1n) is 10.2. The van der Waals surface area contributed by atoms with Gasteiger partial charge >= 0.3 is 0 Å². The third-order valence-corrected chi connectivity index (χ3v) is 7.03. The van der Waals surface area contributed by atoms with Crippen molar-refractivity contribution in [1.82, 2.24) is 5.32 Å². The van der Waals surface area contributed by atoms with Crippen LogP contribution in [0.1, 0.15) is 16.7 Å². The number of thiocarbonyl (C=S) groups is 1. The minimum atomic E-state index is -0.644. The van der Waals surface area contributed by atoms with E-state index in [1.54, 1.807) is 30.3 Å². The van der Waals surface area contributed by atoms with E-state index in [-0.39, 0.29) is 26.4 Å². The molecule has 178 valence electrons. The molecule has 0 spiro atoms. The van der Waals surface area contributed by atoms with Crippen molar-refractivity contribution in [2.75, 3.05) is 4.90 Å². The van der Waals surface area contributed by atoms with E-state index >= 15 is 0 Å². The SMILES string of the molecule is Cc1cccc(COc2c(Cl)cc(/C=C3\C(=O)NC(=S)N(c4cccc(Cl)c4Cl)C3=O)cc2Br)c1. The molecule has 2 amide bonds. The molecule has 1 aliphatic heterocycles. The van der Waals surface area contributed by atoms with E-state index in [1.807, 2.05) is 31.2 Å². The Morgan fingerprint density at radius 2 is 1.80 bits per heavy atom. The van der Waals surface area contributed by atoms with E-state index in [4.69, 9.17) is 51.8 Å². The molecule has 0 bridgehead atoms. The number of aryl methyl sites for hydroxylation is 1. The zero-order valence-corrected chi connectivity index (χ0v) is 22.7. The normalized spacial score (nSPS) is 14.9.